The number of nitrogens with one attached hydrogen (secondary N) is 2. The molecule has 1 saturated heterocycles. The molecule has 2 aromatic rings. The number of nitrogens with zero attached hydrogens (tertiary/aromatic N) is 2. The Balaban J connectivity index is 1.92. The first-order valence-corrected chi connectivity index (χ1v) is 10.9. The number of methoxy groups -OCH3 is 1. The Morgan fingerprint density at radius 2 is 2.10 bits per heavy atom. The summed E-state index contributed by atoms with van der Waals surface area (Å²) in [7, 11) is 1.39. The number of aryl methyl sites for hydroxylation is 1. The van der Waals surface area contributed by atoms with Gasteiger partial charge < -0.3 is 19.9 Å². The number of aromatic nitrogens is 2. The monoisotopic (exact) mass is 414 g/mol. The lowest BCUT2D eigenvalue weighted by Gasteiger charge is -2.50. The number of alkyl carbamates (subject to hydrolysis) is 1. The number of hydrogen-bond donors (Lipinski definition) is 2. The summed E-state index contributed by atoms with van der Waals surface area (Å²) < 4.78 is 21.7. The zero-order chi connectivity index (χ0) is 21.1. The number of carbonyl (C=O) groups excluding carboxylic acids is 1. The average Bonchev–Trinajstić information content (AvgIpc) is 3.40. The first-order valence-electron chi connectivity index (χ1n) is 10.9. The summed E-state index contributed by atoms with van der Waals surface area (Å²) >= 11 is 0. The van der Waals surface area contributed by atoms with Gasteiger partial charge in [-0.05, 0) is 69.3 Å². The summed E-state index contributed by atoms with van der Waals surface area (Å²) in [5.74, 6) is 1.06. The molecule has 0 spiro atoms. The van der Waals surface area contributed by atoms with Crippen molar-refractivity contribution in [2.24, 2.45) is 11.8 Å². The number of amides is 1. The van der Waals surface area contributed by atoms with Crippen molar-refractivity contribution in [3.8, 4) is 0 Å². The second-order valence-electron chi connectivity index (χ2n) is 8.48. The molecule has 2 heterocycles. The number of imidazole rings is 1. The Bertz CT molecular complexity index is 880. The summed E-state index contributed by atoms with van der Waals surface area (Å²) in [4.78, 5) is 16.7. The summed E-state index contributed by atoms with van der Waals surface area (Å²) in [6, 6.07) is 6.96. The molecule has 2 fully saturated rings. The van der Waals surface area contributed by atoms with Crippen LogP contribution in [-0.4, -0.2) is 41.9 Å². The molecule has 2 N–H and O–H groups in total. The van der Waals surface area contributed by atoms with E-state index in [1.807, 2.05) is 25.4 Å². The molecule has 7 heteroatoms. The van der Waals surface area contributed by atoms with Crippen molar-refractivity contribution < 1.29 is 13.9 Å². The predicted octanol–water partition coefficient (Wildman–Crippen LogP) is 3.60. The molecule has 2 aliphatic rings. The molecule has 1 aliphatic heterocycles. The van der Waals surface area contributed by atoms with Crippen LogP contribution in [0.25, 0.3) is 0 Å². The van der Waals surface area contributed by atoms with E-state index in [0.717, 1.165) is 56.6 Å². The highest BCUT2D eigenvalue weighted by Crippen LogP contribution is 2.51. The molecular weight excluding hydrogens is 383 g/mol. The molecule has 1 saturated carbocycles. The number of piperidine rings is 1. The van der Waals surface area contributed by atoms with E-state index < -0.39 is 11.6 Å². The van der Waals surface area contributed by atoms with E-state index >= 15 is 0 Å². The van der Waals surface area contributed by atoms with Gasteiger partial charge in [-0.25, -0.2) is 14.2 Å². The third kappa shape index (κ3) is 3.60. The standard InChI is InChI=1S/C23H31FN4O2/c1-16-26-13-14-28(16)23(17-9-11-25-12-10-17,18-5-3-6-19(24)15-18)20-7-4-8-21(20)27-22(29)30-2/h3,5-6,13-15,17,20-21,25H,4,7-12H2,1-2H3,(H,27,29)/t20-,21-,23?/m0/s1. The lowest BCUT2D eigenvalue weighted by atomic mass is 9.64. The van der Waals surface area contributed by atoms with Gasteiger partial charge in [0.15, 0.2) is 0 Å². The lowest BCUT2D eigenvalue weighted by molar-refractivity contribution is 0.0806. The van der Waals surface area contributed by atoms with E-state index in [4.69, 9.17) is 4.74 Å². The van der Waals surface area contributed by atoms with Crippen LogP contribution in [0.1, 0.15) is 43.5 Å². The zero-order valence-electron chi connectivity index (χ0n) is 17.7. The van der Waals surface area contributed by atoms with Gasteiger partial charge in [-0.2, -0.15) is 0 Å². The molecular formula is C23H31FN4O2. The van der Waals surface area contributed by atoms with Crippen molar-refractivity contribution >= 4 is 6.09 Å². The average molecular weight is 415 g/mol. The van der Waals surface area contributed by atoms with Crippen LogP contribution in [0.15, 0.2) is 36.7 Å². The number of halogens is 1. The van der Waals surface area contributed by atoms with Crippen LogP contribution in [0, 0.1) is 24.6 Å². The molecule has 162 valence electrons. The van der Waals surface area contributed by atoms with Crippen molar-refractivity contribution in [1.82, 2.24) is 20.2 Å². The molecule has 0 radical (unpaired) electrons. The normalized spacial score (nSPS) is 24.4. The van der Waals surface area contributed by atoms with Gasteiger partial charge in [-0.3, -0.25) is 0 Å². The highest BCUT2D eigenvalue weighted by molar-refractivity contribution is 5.67. The van der Waals surface area contributed by atoms with Crippen LogP contribution in [0.4, 0.5) is 9.18 Å². The van der Waals surface area contributed by atoms with Gasteiger partial charge in [0.1, 0.15) is 11.6 Å². The number of ether oxygens (including phenoxy) is 1. The summed E-state index contributed by atoms with van der Waals surface area (Å²) in [6.07, 6.45) is 8.24. The maximum absolute atomic E-state index is 14.5. The van der Waals surface area contributed by atoms with Crippen molar-refractivity contribution in [3.63, 3.8) is 0 Å². The minimum absolute atomic E-state index is 0.0441. The van der Waals surface area contributed by atoms with Crippen LogP contribution in [0.5, 0.6) is 0 Å². The van der Waals surface area contributed by atoms with Gasteiger partial charge in [0.05, 0.1) is 12.6 Å². The van der Waals surface area contributed by atoms with E-state index in [1.165, 1.54) is 13.2 Å². The molecule has 1 aromatic carbocycles. The number of carbonyl (C=O) groups is 1. The Kier molecular flexibility index (Phi) is 6.09. The number of rotatable bonds is 5. The molecule has 30 heavy (non-hydrogen) atoms. The molecule has 1 unspecified atom stereocenters. The number of benzene rings is 1. The van der Waals surface area contributed by atoms with Crippen molar-refractivity contribution in [2.75, 3.05) is 20.2 Å². The Morgan fingerprint density at radius 3 is 2.77 bits per heavy atom. The lowest BCUT2D eigenvalue weighted by Crippen LogP contribution is -2.56. The molecule has 1 amide bonds. The molecule has 0 bridgehead atoms. The van der Waals surface area contributed by atoms with E-state index in [2.05, 4.69) is 20.2 Å². The first-order chi connectivity index (χ1) is 14.6. The van der Waals surface area contributed by atoms with E-state index in [-0.39, 0.29) is 17.8 Å². The van der Waals surface area contributed by atoms with Gasteiger partial charge in [-0.15, -0.1) is 0 Å². The van der Waals surface area contributed by atoms with Gasteiger partial charge in [0.25, 0.3) is 0 Å². The predicted molar refractivity (Wildman–Crippen MR) is 113 cm³/mol. The minimum Gasteiger partial charge on any atom is -0.453 e. The summed E-state index contributed by atoms with van der Waals surface area (Å²) in [5, 5.41) is 6.55. The SMILES string of the molecule is COC(=O)N[C@H]1CCC[C@@H]1C(c1cccc(F)c1)(C1CCNCC1)n1ccnc1C. The number of hydrogen-bond acceptors (Lipinski definition) is 4. The fraction of sp³-hybridized carbons (Fsp3) is 0.565. The second kappa shape index (κ2) is 8.76. The maximum Gasteiger partial charge on any atom is 0.407 e. The van der Waals surface area contributed by atoms with Crippen LogP contribution >= 0.6 is 0 Å². The third-order valence-electron chi connectivity index (χ3n) is 7.04. The fourth-order valence-electron chi connectivity index (χ4n) is 5.91. The van der Waals surface area contributed by atoms with Crippen LogP contribution in [0.3, 0.4) is 0 Å². The van der Waals surface area contributed by atoms with E-state index in [9.17, 15) is 9.18 Å². The quantitative estimate of drug-likeness (QED) is 0.785. The summed E-state index contributed by atoms with van der Waals surface area (Å²) in [5.41, 5.74) is 0.464. The largest absolute Gasteiger partial charge is 0.453 e. The van der Waals surface area contributed by atoms with Crippen LogP contribution in [-0.2, 0) is 10.3 Å². The second-order valence-corrected chi connectivity index (χ2v) is 8.48. The smallest absolute Gasteiger partial charge is 0.407 e. The van der Waals surface area contributed by atoms with Gasteiger partial charge in [0, 0.05) is 24.4 Å². The molecule has 1 aliphatic carbocycles. The Hall–Kier alpha value is -2.41. The molecule has 6 nitrogen and oxygen atoms in total. The van der Waals surface area contributed by atoms with Gasteiger partial charge >= 0.3 is 6.09 Å². The Labute approximate surface area is 177 Å². The summed E-state index contributed by atoms with van der Waals surface area (Å²) in [6.45, 7) is 3.86. The van der Waals surface area contributed by atoms with Crippen molar-refractivity contribution in [2.45, 2.75) is 50.6 Å². The topological polar surface area (TPSA) is 68.2 Å². The highest BCUT2D eigenvalue weighted by atomic mass is 19.1. The zero-order valence-corrected chi connectivity index (χ0v) is 17.7. The van der Waals surface area contributed by atoms with Crippen LogP contribution in [0.2, 0.25) is 0 Å². The van der Waals surface area contributed by atoms with Crippen molar-refractivity contribution in [3.05, 3.63) is 53.9 Å². The third-order valence-corrected chi connectivity index (χ3v) is 7.04. The van der Waals surface area contributed by atoms with Gasteiger partial charge in [0.2, 0.25) is 0 Å². The van der Waals surface area contributed by atoms with E-state index in [0.29, 0.717) is 5.92 Å². The Morgan fingerprint density at radius 1 is 1.30 bits per heavy atom. The van der Waals surface area contributed by atoms with Crippen LogP contribution < -0.4 is 10.6 Å². The highest BCUT2D eigenvalue weighted by Gasteiger charge is 2.53. The fourth-order valence-corrected chi connectivity index (χ4v) is 5.91. The first kappa shape index (κ1) is 20.8. The maximum atomic E-state index is 14.5. The van der Waals surface area contributed by atoms with E-state index in [1.54, 1.807) is 12.1 Å². The molecule has 3 atom stereocenters. The minimum atomic E-state index is -0.493. The molecule has 1 aromatic heterocycles. The van der Waals surface area contributed by atoms with Gasteiger partial charge in [-0.1, -0.05) is 18.6 Å². The molecule has 4 rings (SSSR count). The van der Waals surface area contributed by atoms with Crippen molar-refractivity contribution in [1.29, 1.82) is 0 Å².